The summed E-state index contributed by atoms with van der Waals surface area (Å²) in [6, 6.07) is 10.9. The van der Waals surface area contributed by atoms with Crippen LogP contribution in [0.4, 0.5) is 0 Å². The summed E-state index contributed by atoms with van der Waals surface area (Å²) in [5.41, 5.74) is 0. The number of thiophene rings is 1. The van der Waals surface area contributed by atoms with Gasteiger partial charge in [0.1, 0.15) is 0 Å². The van der Waals surface area contributed by atoms with E-state index < -0.39 is 0 Å². The molecule has 1 fully saturated rings. The van der Waals surface area contributed by atoms with Gasteiger partial charge in [0.05, 0.1) is 19.8 Å². The fourth-order valence-corrected chi connectivity index (χ4v) is 3.97. The Hall–Kier alpha value is -0.980. The number of ether oxygens (including phenoxy) is 1. The molecule has 0 amide bonds. The van der Waals surface area contributed by atoms with Gasteiger partial charge in [-0.2, -0.15) is 0 Å². The van der Waals surface area contributed by atoms with E-state index in [0.717, 1.165) is 45.9 Å². The molecule has 120 valence electrons. The van der Waals surface area contributed by atoms with E-state index in [1.165, 1.54) is 15.0 Å². The molecule has 2 aromatic rings. The molecule has 0 bridgehead atoms. The maximum Gasteiger partial charge on any atom is 0.0698 e. The van der Waals surface area contributed by atoms with Crippen molar-refractivity contribution in [2.24, 2.45) is 0 Å². The van der Waals surface area contributed by atoms with Crippen LogP contribution in [0, 0.1) is 0 Å². The Bertz CT molecular complexity index is 546. The fourth-order valence-electron chi connectivity index (χ4n) is 2.87. The van der Waals surface area contributed by atoms with Gasteiger partial charge < -0.3 is 9.84 Å². The summed E-state index contributed by atoms with van der Waals surface area (Å²) >= 11 is 1.91. The second-order valence-corrected chi connectivity index (χ2v) is 6.87. The average molecular weight is 320 g/mol. The van der Waals surface area contributed by atoms with Crippen LogP contribution in [0.1, 0.15) is 4.88 Å². The van der Waals surface area contributed by atoms with E-state index >= 15 is 0 Å². The van der Waals surface area contributed by atoms with Crippen LogP contribution in [0.3, 0.4) is 0 Å². The monoisotopic (exact) mass is 320 g/mol. The first kappa shape index (κ1) is 15.9. The number of aliphatic hydroxyl groups excluding tert-OH is 1. The van der Waals surface area contributed by atoms with E-state index in [2.05, 4.69) is 40.1 Å². The molecule has 1 N–H and O–H groups in total. The van der Waals surface area contributed by atoms with Crippen molar-refractivity contribution in [2.75, 3.05) is 52.5 Å². The summed E-state index contributed by atoms with van der Waals surface area (Å²) in [7, 11) is 0. The van der Waals surface area contributed by atoms with Gasteiger partial charge in [-0.3, -0.25) is 9.80 Å². The molecule has 0 atom stereocenters. The van der Waals surface area contributed by atoms with Crippen molar-refractivity contribution < 1.29 is 9.84 Å². The van der Waals surface area contributed by atoms with Crippen molar-refractivity contribution in [3.63, 3.8) is 0 Å². The summed E-state index contributed by atoms with van der Waals surface area (Å²) in [4.78, 5) is 6.44. The zero-order chi connectivity index (χ0) is 15.2. The molecule has 0 aliphatic carbocycles. The van der Waals surface area contributed by atoms with Crippen LogP contribution < -0.4 is 0 Å². The normalized spacial score (nSPS) is 17.3. The highest BCUT2D eigenvalue weighted by Gasteiger charge is 2.17. The lowest BCUT2D eigenvalue weighted by molar-refractivity contribution is 0.0565. The standard InChI is InChI=1S/C17H24N2O2S/c20-10-12-21-11-9-18-5-7-19(8-6-18)14-16-13-15-3-1-2-4-17(15)22-16/h1-4,13,20H,5-12,14H2. The predicted octanol–water partition coefficient (Wildman–Crippen LogP) is 2.03. The highest BCUT2D eigenvalue weighted by molar-refractivity contribution is 7.19. The van der Waals surface area contributed by atoms with Gasteiger partial charge in [0.2, 0.25) is 0 Å². The maximum atomic E-state index is 8.69. The van der Waals surface area contributed by atoms with E-state index in [-0.39, 0.29) is 6.61 Å². The van der Waals surface area contributed by atoms with Crippen LogP contribution in [-0.2, 0) is 11.3 Å². The molecule has 2 heterocycles. The van der Waals surface area contributed by atoms with Gasteiger partial charge >= 0.3 is 0 Å². The third-order valence-corrected chi connectivity index (χ3v) is 5.21. The molecule has 0 unspecified atom stereocenters. The molecule has 0 saturated carbocycles. The fraction of sp³-hybridized carbons (Fsp3) is 0.529. The third-order valence-electron chi connectivity index (χ3n) is 4.11. The van der Waals surface area contributed by atoms with Crippen LogP contribution in [0.2, 0.25) is 0 Å². The Kier molecular flexibility index (Phi) is 5.81. The number of hydrogen-bond donors (Lipinski definition) is 1. The second kappa shape index (κ2) is 8.04. The molecule has 1 aromatic carbocycles. The highest BCUT2D eigenvalue weighted by atomic mass is 32.1. The molecular formula is C17H24N2O2S. The molecule has 1 aromatic heterocycles. The van der Waals surface area contributed by atoms with Crippen LogP contribution >= 0.6 is 11.3 Å². The highest BCUT2D eigenvalue weighted by Crippen LogP contribution is 2.26. The quantitative estimate of drug-likeness (QED) is 0.792. The number of fused-ring (bicyclic) bond motifs is 1. The smallest absolute Gasteiger partial charge is 0.0698 e. The number of piperazine rings is 1. The molecule has 22 heavy (non-hydrogen) atoms. The van der Waals surface area contributed by atoms with E-state index in [0.29, 0.717) is 6.61 Å². The molecule has 5 heteroatoms. The first-order valence-electron chi connectivity index (χ1n) is 7.96. The Labute approximate surface area is 135 Å². The van der Waals surface area contributed by atoms with Crippen molar-refractivity contribution >= 4 is 21.4 Å². The maximum absolute atomic E-state index is 8.69. The van der Waals surface area contributed by atoms with Gasteiger partial charge in [0.15, 0.2) is 0 Å². The van der Waals surface area contributed by atoms with Gasteiger partial charge in [0.25, 0.3) is 0 Å². The van der Waals surface area contributed by atoms with Crippen molar-refractivity contribution in [3.05, 3.63) is 35.2 Å². The van der Waals surface area contributed by atoms with Crippen LogP contribution in [0.5, 0.6) is 0 Å². The first-order valence-corrected chi connectivity index (χ1v) is 8.77. The molecule has 1 saturated heterocycles. The Morgan fingerprint density at radius 3 is 2.59 bits per heavy atom. The van der Waals surface area contributed by atoms with Crippen molar-refractivity contribution in [1.82, 2.24) is 9.80 Å². The minimum atomic E-state index is 0.114. The summed E-state index contributed by atoms with van der Waals surface area (Å²) in [6.07, 6.45) is 0. The summed E-state index contributed by atoms with van der Waals surface area (Å²) in [6.45, 7) is 7.76. The lowest BCUT2D eigenvalue weighted by atomic mass is 10.2. The Balaban J connectivity index is 1.43. The largest absolute Gasteiger partial charge is 0.394 e. The SMILES string of the molecule is OCCOCCN1CCN(Cc2cc3ccccc3s2)CC1. The van der Waals surface area contributed by atoms with E-state index in [1.807, 2.05) is 11.3 Å². The number of hydrogen-bond acceptors (Lipinski definition) is 5. The van der Waals surface area contributed by atoms with Gasteiger partial charge in [0, 0.05) is 48.8 Å². The second-order valence-electron chi connectivity index (χ2n) is 5.70. The van der Waals surface area contributed by atoms with Crippen molar-refractivity contribution in [2.45, 2.75) is 6.54 Å². The lowest BCUT2D eigenvalue weighted by Gasteiger charge is -2.34. The Morgan fingerprint density at radius 2 is 1.82 bits per heavy atom. The van der Waals surface area contributed by atoms with Gasteiger partial charge in [-0.1, -0.05) is 18.2 Å². The summed E-state index contributed by atoms with van der Waals surface area (Å²) < 4.78 is 6.72. The molecular weight excluding hydrogens is 296 g/mol. The van der Waals surface area contributed by atoms with E-state index in [4.69, 9.17) is 9.84 Å². The summed E-state index contributed by atoms with van der Waals surface area (Å²) in [5, 5.41) is 10.0. The number of nitrogens with zero attached hydrogens (tertiary/aromatic N) is 2. The van der Waals surface area contributed by atoms with Gasteiger partial charge in [-0.05, 0) is 17.5 Å². The molecule has 4 nitrogen and oxygen atoms in total. The number of aliphatic hydroxyl groups is 1. The predicted molar refractivity (Wildman–Crippen MR) is 91.4 cm³/mol. The zero-order valence-electron chi connectivity index (χ0n) is 12.9. The van der Waals surface area contributed by atoms with Gasteiger partial charge in [-0.15, -0.1) is 11.3 Å². The van der Waals surface area contributed by atoms with E-state index in [9.17, 15) is 0 Å². The van der Waals surface area contributed by atoms with Gasteiger partial charge in [-0.25, -0.2) is 0 Å². The third kappa shape index (κ3) is 4.27. The minimum absolute atomic E-state index is 0.114. The van der Waals surface area contributed by atoms with Crippen LogP contribution in [0.25, 0.3) is 10.1 Å². The number of benzene rings is 1. The summed E-state index contributed by atoms with van der Waals surface area (Å²) in [5.74, 6) is 0. The minimum Gasteiger partial charge on any atom is -0.394 e. The van der Waals surface area contributed by atoms with Crippen molar-refractivity contribution in [1.29, 1.82) is 0 Å². The molecule has 0 radical (unpaired) electrons. The van der Waals surface area contributed by atoms with Crippen LogP contribution in [0.15, 0.2) is 30.3 Å². The number of rotatable bonds is 7. The molecule has 1 aliphatic heterocycles. The average Bonchev–Trinajstić information content (AvgIpc) is 2.95. The Morgan fingerprint density at radius 1 is 1.05 bits per heavy atom. The zero-order valence-corrected chi connectivity index (χ0v) is 13.7. The molecule has 1 aliphatic rings. The first-order chi connectivity index (χ1) is 10.8. The lowest BCUT2D eigenvalue weighted by Crippen LogP contribution is -2.46. The molecule has 0 spiro atoms. The topological polar surface area (TPSA) is 35.9 Å². The van der Waals surface area contributed by atoms with E-state index in [1.54, 1.807) is 0 Å². The van der Waals surface area contributed by atoms with Crippen molar-refractivity contribution in [3.8, 4) is 0 Å². The molecule has 3 rings (SSSR count). The van der Waals surface area contributed by atoms with Crippen LogP contribution in [-0.4, -0.2) is 67.5 Å².